The number of carbonyl (C=O) groups excluding carboxylic acids is 3. The van der Waals surface area contributed by atoms with Crippen molar-refractivity contribution in [2.45, 2.75) is 31.9 Å². The van der Waals surface area contributed by atoms with Gasteiger partial charge in [0.2, 0.25) is 18.4 Å². The maximum Gasteiger partial charge on any atom is 0.332 e. The monoisotopic (exact) mass is 238 g/mol. The van der Waals surface area contributed by atoms with Gasteiger partial charge in [-0.2, -0.15) is 4.99 Å². The summed E-state index contributed by atoms with van der Waals surface area (Å²) in [5, 5.41) is 0. The molecule has 0 bridgehead atoms. The highest BCUT2D eigenvalue weighted by molar-refractivity contribution is 5.81. The van der Waals surface area contributed by atoms with Gasteiger partial charge in [-0.1, -0.05) is 13.0 Å². The zero-order valence-electron chi connectivity index (χ0n) is 9.42. The summed E-state index contributed by atoms with van der Waals surface area (Å²) in [6, 6.07) is 0. The van der Waals surface area contributed by atoms with Gasteiger partial charge in [-0.15, -0.1) is 0 Å². The van der Waals surface area contributed by atoms with E-state index in [1.807, 2.05) is 0 Å². The molecule has 17 heavy (non-hydrogen) atoms. The lowest BCUT2D eigenvalue weighted by Gasteiger charge is -2.09. The van der Waals surface area contributed by atoms with Crippen LogP contribution in [-0.2, 0) is 19.1 Å². The SMILES string of the molecule is C=CC(=O)OC(CCCCCN=C=O)N=C=O. The highest BCUT2D eigenvalue weighted by atomic mass is 16.6. The molecule has 0 rings (SSSR count). The van der Waals surface area contributed by atoms with Crippen molar-refractivity contribution >= 4 is 18.1 Å². The Morgan fingerprint density at radius 3 is 2.65 bits per heavy atom. The molecule has 0 saturated carbocycles. The second-order valence-corrected chi connectivity index (χ2v) is 3.14. The minimum Gasteiger partial charge on any atom is -0.436 e. The van der Waals surface area contributed by atoms with E-state index in [2.05, 4.69) is 16.6 Å². The molecule has 0 N–H and O–H groups in total. The van der Waals surface area contributed by atoms with Crippen LogP contribution in [-0.4, -0.2) is 30.9 Å². The second-order valence-electron chi connectivity index (χ2n) is 3.14. The lowest BCUT2D eigenvalue weighted by atomic mass is 10.2. The molecule has 1 atom stereocenters. The molecule has 0 heterocycles. The average molecular weight is 238 g/mol. The predicted octanol–water partition coefficient (Wildman–Crippen LogP) is 1.27. The van der Waals surface area contributed by atoms with E-state index in [9.17, 15) is 14.4 Å². The molecule has 6 nitrogen and oxygen atoms in total. The van der Waals surface area contributed by atoms with Crippen molar-refractivity contribution < 1.29 is 19.1 Å². The van der Waals surface area contributed by atoms with Crippen LogP contribution in [0.5, 0.6) is 0 Å². The van der Waals surface area contributed by atoms with Crippen LogP contribution >= 0.6 is 0 Å². The van der Waals surface area contributed by atoms with Crippen molar-refractivity contribution in [1.29, 1.82) is 0 Å². The Morgan fingerprint density at radius 1 is 1.29 bits per heavy atom. The highest BCUT2D eigenvalue weighted by Crippen LogP contribution is 2.08. The van der Waals surface area contributed by atoms with Crippen LogP contribution in [0, 0.1) is 0 Å². The minimum atomic E-state index is -0.812. The van der Waals surface area contributed by atoms with Gasteiger partial charge in [0.05, 0.1) is 6.54 Å². The summed E-state index contributed by atoms with van der Waals surface area (Å²) in [4.78, 5) is 37.5. The third-order valence-corrected chi connectivity index (χ3v) is 1.90. The topological polar surface area (TPSA) is 85.2 Å². The molecule has 0 aromatic heterocycles. The van der Waals surface area contributed by atoms with Gasteiger partial charge in [-0.3, -0.25) is 0 Å². The van der Waals surface area contributed by atoms with Gasteiger partial charge in [0.25, 0.3) is 0 Å². The molecule has 92 valence electrons. The molecular formula is C11H14N2O4. The zero-order chi connectivity index (χ0) is 12.9. The number of nitrogens with zero attached hydrogens (tertiary/aromatic N) is 2. The lowest BCUT2D eigenvalue weighted by Crippen LogP contribution is -2.14. The summed E-state index contributed by atoms with van der Waals surface area (Å²) in [6.45, 7) is 3.67. The van der Waals surface area contributed by atoms with E-state index in [1.54, 1.807) is 0 Å². The highest BCUT2D eigenvalue weighted by Gasteiger charge is 2.10. The van der Waals surface area contributed by atoms with Crippen molar-refractivity contribution in [3.63, 3.8) is 0 Å². The number of esters is 1. The second kappa shape index (κ2) is 10.5. The summed E-state index contributed by atoms with van der Waals surface area (Å²) < 4.78 is 4.80. The Kier molecular flexibility index (Phi) is 9.23. The molecule has 0 aromatic carbocycles. The van der Waals surface area contributed by atoms with E-state index in [0.29, 0.717) is 19.4 Å². The number of carbonyl (C=O) groups is 1. The fraction of sp³-hybridized carbons (Fsp3) is 0.545. The zero-order valence-corrected chi connectivity index (χ0v) is 9.42. The summed E-state index contributed by atoms with van der Waals surface area (Å²) >= 11 is 0. The van der Waals surface area contributed by atoms with Crippen LogP contribution in [0.1, 0.15) is 25.7 Å². The number of aliphatic imine (C=N–C) groups is 2. The van der Waals surface area contributed by atoms with Gasteiger partial charge in [0.1, 0.15) is 0 Å². The van der Waals surface area contributed by atoms with Gasteiger partial charge in [-0.05, 0) is 12.8 Å². The lowest BCUT2D eigenvalue weighted by molar-refractivity contribution is -0.142. The molecule has 0 aliphatic carbocycles. The van der Waals surface area contributed by atoms with E-state index in [-0.39, 0.29) is 0 Å². The van der Waals surface area contributed by atoms with E-state index in [4.69, 9.17) is 4.74 Å². The maximum absolute atomic E-state index is 10.9. The normalized spacial score (nSPS) is 10.6. The first-order chi connectivity index (χ1) is 8.24. The van der Waals surface area contributed by atoms with E-state index >= 15 is 0 Å². The van der Waals surface area contributed by atoms with Crippen LogP contribution in [0.25, 0.3) is 0 Å². The quantitative estimate of drug-likeness (QED) is 0.199. The molecule has 0 aromatic rings. The Hall–Kier alpha value is -2.03. The first-order valence-electron chi connectivity index (χ1n) is 5.18. The van der Waals surface area contributed by atoms with Gasteiger partial charge in [-0.25, -0.2) is 19.4 Å². The summed E-state index contributed by atoms with van der Waals surface area (Å²) in [5.74, 6) is -0.625. The predicted molar refractivity (Wildman–Crippen MR) is 59.7 cm³/mol. The van der Waals surface area contributed by atoms with Gasteiger partial charge in [0.15, 0.2) is 0 Å². The van der Waals surface area contributed by atoms with Crippen molar-refractivity contribution in [3.05, 3.63) is 12.7 Å². The van der Waals surface area contributed by atoms with E-state index in [1.165, 1.54) is 12.2 Å². The molecule has 6 heteroatoms. The minimum absolute atomic E-state index is 0.428. The van der Waals surface area contributed by atoms with Crippen molar-refractivity contribution in [3.8, 4) is 0 Å². The number of isocyanates is 2. The van der Waals surface area contributed by atoms with E-state index in [0.717, 1.165) is 18.9 Å². The molecule has 0 aliphatic heterocycles. The first-order valence-corrected chi connectivity index (χ1v) is 5.18. The Labute approximate surface area is 99.1 Å². The molecule has 0 saturated heterocycles. The first kappa shape index (κ1) is 15.0. The summed E-state index contributed by atoms with van der Waals surface area (Å²) in [6.07, 6.45) is 5.66. The third kappa shape index (κ3) is 8.93. The van der Waals surface area contributed by atoms with Gasteiger partial charge < -0.3 is 4.74 Å². The Morgan fingerprint density at radius 2 is 2.06 bits per heavy atom. The molecule has 0 radical (unpaired) electrons. The number of hydrogen-bond donors (Lipinski definition) is 0. The van der Waals surface area contributed by atoms with Crippen molar-refractivity contribution in [2.75, 3.05) is 6.54 Å². The number of hydrogen-bond acceptors (Lipinski definition) is 6. The Balaban J connectivity index is 3.84. The fourth-order valence-electron chi connectivity index (χ4n) is 1.12. The van der Waals surface area contributed by atoms with Crippen LogP contribution in [0.3, 0.4) is 0 Å². The number of rotatable bonds is 9. The number of unbranched alkanes of at least 4 members (excludes halogenated alkanes) is 2. The smallest absolute Gasteiger partial charge is 0.332 e. The van der Waals surface area contributed by atoms with Crippen LogP contribution in [0.4, 0.5) is 0 Å². The molecule has 0 amide bonds. The van der Waals surface area contributed by atoms with Crippen molar-refractivity contribution in [1.82, 2.24) is 0 Å². The van der Waals surface area contributed by atoms with Gasteiger partial charge >= 0.3 is 5.97 Å². The van der Waals surface area contributed by atoms with Crippen LogP contribution in [0.2, 0.25) is 0 Å². The Bertz CT molecular complexity index is 341. The van der Waals surface area contributed by atoms with Crippen LogP contribution < -0.4 is 0 Å². The van der Waals surface area contributed by atoms with Gasteiger partial charge in [0, 0.05) is 12.5 Å². The van der Waals surface area contributed by atoms with Crippen molar-refractivity contribution in [2.24, 2.45) is 9.98 Å². The summed E-state index contributed by atoms with van der Waals surface area (Å²) in [7, 11) is 0. The molecular weight excluding hydrogens is 224 g/mol. The van der Waals surface area contributed by atoms with E-state index < -0.39 is 12.2 Å². The molecule has 0 spiro atoms. The largest absolute Gasteiger partial charge is 0.436 e. The standard InChI is InChI=1S/C11H14N2O4/c1-2-11(16)17-10(13-9-15)6-4-3-5-7-12-8-14/h2,10H,1,3-7H2. The third-order valence-electron chi connectivity index (χ3n) is 1.90. The molecule has 0 fully saturated rings. The van der Waals surface area contributed by atoms with Crippen LogP contribution in [0.15, 0.2) is 22.6 Å². The summed E-state index contributed by atoms with van der Waals surface area (Å²) in [5.41, 5.74) is 0. The molecule has 1 unspecified atom stereocenters. The molecule has 0 aliphatic rings. The average Bonchev–Trinajstić information content (AvgIpc) is 2.33. The maximum atomic E-state index is 10.9. The fourth-order valence-corrected chi connectivity index (χ4v) is 1.12. The number of ether oxygens (including phenoxy) is 1.